The predicted octanol–water partition coefficient (Wildman–Crippen LogP) is 4.02. The van der Waals surface area contributed by atoms with Crippen LogP contribution in [0, 0.1) is 0 Å². The van der Waals surface area contributed by atoms with E-state index in [0.29, 0.717) is 27.5 Å². The number of nitrogens with zero attached hydrogens (tertiary/aromatic N) is 3. The number of rotatable bonds is 4. The molecule has 0 saturated carbocycles. The molecule has 0 aliphatic heterocycles. The highest BCUT2D eigenvalue weighted by atomic mass is 35.5. The van der Waals surface area contributed by atoms with Crippen LogP contribution >= 0.6 is 23.2 Å². The molecule has 2 heterocycles. The second-order valence-corrected chi connectivity index (χ2v) is 4.93. The first-order valence-corrected chi connectivity index (χ1v) is 6.79. The number of pyridine rings is 1. The lowest BCUT2D eigenvalue weighted by atomic mass is 10.2. The number of ether oxygens (including phenoxy) is 1. The maximum absolute atomic E-state index is 5.91. The molecule has 2 aromatic heterocycles. The zero-order valence-corrected chi connectivity index (χ0v) is 12.2. The van der Waals surface area contributed by atoms with Crippen molar-refractivity contribution in [2.75, 3.05) is 0 Å². The summed E-state index contributed by atoms with van der Waals surface area (Å²) in [6, 6.07) is 8.61. The van der Waals surface area contributed by atoms with Gasteiger partial charge in [0.2, 0.25) is 5.82 Å². The second kappa shape index (κ2) is 6.11. The number of benzene rings is 1. The SMILES string of the molecule is Clc1ccc(OCc2nc(-c3ccncc3)no2)cc1Cl. The van der Waals surface area contributed by atoms with Crippen LogP contribution in [0.5, 0.6) is 5.75 Å². The zero-order chi connectivity index (χ0) is 14.7. The molecule has 0 atom stereocenters. The summed E-state index contributed by atoms with van der Waals surface area (Å²) in [6.45, 7) is 0.149. The minimum absolute atomic E-state index is 0.149. The summed E-state index contributed by atoms with van der Waals surface area (Å²) < 4.78 is 10.7. The zero-order valence-electron chi connectivity index (χ0n) is 10.7. The van der Waals surface area contributed by atoms with E-state index in [2.05, 4.69) is 15.1 Å². The smallest absolute Gasteiger partial charge is 0.264 e. The van der Waals surface area contributed by atoms with E-state index in [9.17, 15) is 0 Å². The van der Waals surface area contributed by atoms with E-state index in [1.165, 1.54) is 0 Å². The van der Waals surface area contributed by atoms with Crippen LogP contribution in [0.15, 0.2) is 47.2 Å². The number of aromatic nitrogens is 3. The third-order valence-corrected chi connectivity index (χ3v) is 3.40. The lowest BCUT2D eigenvalue weighted by molar-refractivity contribution is 0.243. The molecular weight excluding hydrogens is 313 g/mol. The highest BCUT2D eigenvalue weighted by molar-refractivity contribution is 6.42. The van der Waals surface area contributed by atoms with Gasteiger partial charge in [0.1, 0.15) is 5.75 Å². The van der Waals surface area contributed by atoms with Crippen molar-refractivity contribution >= 4 is 23.2 Å². The third kappa shape index (κ3) is 3.32. The van der Waals surface area contributed by atoms with Crippen LogP contribution in [0.25, 0.3) is 11.4 Å². The van der Waals surface area contributed by atoms with Crippen LogP contribution in [0.3, 0.4) is 0 Å². The highest BCUT2D eigenvalue weighted by Gasteiger charge is 2.09. The molecule has 0 radical (unpaired) electrons. The monoisotopic (exact) mass is 321 g/mol. The number of halogens is 2. The van der Waals surface area contributed by atoms with Crippen molar-refractivity contribution in [1.82, 2.24) is 15.1 Å². The van der Waals surface area contributed by atoms with Crippen LogP contribution in [-0.2, 0) is 6.61 Å². The van der Waals surface area contributed by atoms with Gasteiger partial charge in [-0.15, -0.1) is 0 Å². The standard InChI is InChI=1S/C14H9Cl2N3O2/c15-11-2-1-10(7-12(11)16)20-8-13-18-14(19-21-13)9-3-5-17-6-4-9/h1-7H,8H2. The number of hydrogen-bond acceptors (Lipinski definition) is 5. The maximum atomic E-state index is 5.91. The molecule has 0 unspecified atom stereocenters. The normalized spacial score (nSPS) is 10.6. The summed E-state index contributed by atoms with van der Waals surface area (Å²) in [7, 11) is 0. The van der Waals surface area contributed by atoms with E-state index in [0.717, 1.165) is 5.56 Å². The molecule has 0 bridgehead atoms. The molecule has 3 aromatic rings. The summed E-state index contributed by atoms with van der Waals surface area (Å²) in [4.78, 5) is 8.18. The van der Waals surface area contributed by atoms with E-state index in [1.807, 2.05) is 0 Å². The Morgan fingerprint density at radius 1 is 1.05 bits per heavy atom. The lowest BCUT2D eigenvalue weighted by Crippen LogP contribution is -1.95. The van der Waals surface area contributed by atoms with Gasteiger partial charge in [-0.1, -0.05) is 28.4 Å². The summed E-state index contributed by atoms with van der Waals surface area (Å²) in [5.74, 6) is 1.44. The number of hydrogen-bond donors (Lipinski definition) is 0. The Balaban J connectivity index is 1.69. The molecule has 106 valence electrons. The first-order chi connectivity index (χ1) is 10.2. The van der Waals surface area contributed by atoms with Crippen LogP contribution in [0.4, 0.5) is 0 Å². The molecular formula is C14H9Cl2N3O2. The topological polar surface area (TPSA) is 61.0 Å². The Bertz CT molecular complexity index is 747. The molecule has 7 heteroatoms. The molecule has 0 saturated heterocycles. The largest absolute Gasteiger partial charge is 0.484 e. The fraction of sp³-hybridized carbons (Fsp3) is 0.0714. The molecule has 0 amide bonds. The van der Waals surface area contributed by atoms with Crippen molar-refractivity contribution in [2.24, 2.45) is 0 Å². The molecule has 0 fully saturated rings. The molecule has 0 aliphatic rings. The van der Waals surface area contributed by atoms with Crippen molar-refractivity contribution in [3.63, 3.8) is 0 Å². The van der Waals surface area contributed by atoms with Gasteiger partial charge in [-0.2, -0.15) is 4.98 Å². The van der Waals surface area contributed by atoms with Crippen molar-refractivity contribution < 1.29 is 9.26 Å². The molecule has 21 heavy (non-hydrogen) atoms. The Morgan fingerprint density at radius 3 is 2.62 bits per heavy atom. The average molecular weight is 322 g/mol. The molecule has 1 aromatic carbocycles. The Hall–Kier alpha value is -2.11. The van der Waals surface area contributed by atoms with Crippen LogP contribution in [0.1, 0.15) is 5.89 Å². The Morgan fingerprint density at radius 2 is 1.86 bits per heavy atom. The fourth-order valence-corrected chi connectivity index (χ4v) is 1.93. The Labute approximate surface area is 130 Å². The molecule has 0 spiro atoms. The first kappa shape index (κ1) is 13.9. The van der Waals surface area contributed by atoms with Gasteiger partial charge < -0.3 is 9.26 Å². The predicted molar refractivity (Wildman–Crippen MR) is 78.3 cm³/mol. The quantitative estimate of drug-likeness (QED) is 0.726. The molecule has 5 nitrogen and oxygen atoms in total. The summed E-state index contributed by atoms with van der Waals surface area (Å²) in [5.41, 5.74) is 0.828. The van der Waals surface area contributed by atoms with Gasteiger partial charge in [0.15, 0.2) is 6.61 Å². The minimum Gasteiger partial charge on any atom is -0.484 e. The Kier molecular flexibility index (Phi) is 4.03. The van der Waals surface area contributed by atoms with Gasteiger partial charge in [0.05, 0.1) is 10.0 Å². The fourth-order valence-electron chi connectivity index (χ4n) is 1.64. The van der Waals surface area contributed by atoms with E-state index in [4.69, 9.17) is 32.5 Å². The molecule has 0 aliphatic carbocycles. The van der Waals surface area contributed by atoms with E-state index in [1.54, 1.807) is 42.7 Å². The van der Waals surface area contributed by atoms with Crippen LogP contribution in [0.2, 0.25) is 10.0 Å². The maximum Gasteiger partial charge on any atom is 0.264 e. The van der Waals surface area contributed by atoms with E-state index in [-0.39, 0.29) is 6.61 Å². The first-order valence-electron chi connectivity index (χ1n) is 6.03. The minimum atomic E-state index is 0.149. The molecule has 3 rings (SSSR count). The van der Waals surface area contributed by atoms with Gasteiger partial charge in [0, 0.05) is 24.0 Å². The van der Waals surface area contributed by atoms with E-state index >= 15 is 0 Å². The van der Waals surface area contributed by atoms with Gasteiger partial charge in [-0.3, -0.25) is 4.98 Å². The van der Waals surface area contributed by atoms with Crippen molar-refractivity contribution in [3.05, 3.63) is 58.7 Å². The molecule has 0 N–H and O–H groups in total. The van der Waals surface area contributed by atoms with E-state index < -0.39 is 0 Å². The van der Waals surface area contributed by atoms with Gasteiger partial charge in [-0.05, 0) is 24.3 Å². The summed E-state index contributed by atoms with van der Waals surface area (Å²) in [6.07, 6.45) is 3.33. The van der Waals surface area contributed by atoms with Gasteiger partial charge in [-0.25, -0.2) is 0 Å². The second-order valence-electron chi connectivity index (χ2n) is 4.11. The highest BCUT2D eigenvalue weighted by Crippen LogP contribution is 2.26. The summed E-state index contributed by atoms with van der Waals surface area (Å²) in [5, 5.41) is 4.79. The summed E-state index contributed by atoms with van der Waals surface area (Å²) >= 11 is 11.7. The lowest BCUT2D eigenvalue weighted by Gasteiger charge is -2.03. The average Bonchev–Trinajstić information content (AvgIpc) is 2.98. The van der Waals surface area contributed by atoms with Crippen molar-refractivity contribution in [1.29, 1.82) is 0 Å². The van der Waals surface area contributed by atoms with Gasteiger partial charge in [0.25, 0.3) is 5.89 Å². The van der Waals surface area contributed by atoms with Crippen molar-refractivity contribution in [3.8, 4) is 17.1 Å². The van der Waals surface area contributed by atoms with Crippen LogP contribution < -0.4 is 4.74 Å². The third-order valence-electron chi connectivity index (χ3n) is 2.66. The van der Waals surface area contributed by atoms with Crippen molar-refractivity contribution in [2.45, 2.75) is 6.61 Å². The van der Waals surface area contributed by atoms with Crippen LogP contribution in [-0.4, -0.2) is 15.1 Å². The van der Waals surface area contributed by atoms with Gasteiger partial charge >= 0.3 is 0 Å².